The van der Waals surface area contributed by atoms with Crippen LogP contribution in [-0.2, 0) is 13.0 Å². The van der Waals surface area contributed by atoms with Crippen molar-refractivity contribution in [2.45, 2.75) is 19.6 Å². The monoisotopic (exact) mass is 479 g/mol. The largest absolute Gasteiger partial charge is 0.434 e. The van der Waals surface area contributed by atoms with Gasteiger partial charge < -0.3 is 15.4 Å². The Kier molecular flexibility index (Phi) is 9.85. The van der Waals surface area contributed by atoms with Gasteiger partial charge in [-0.15, -0.1) is 24.0 Å². The van der Waals surface area contributed by atoms with Crippen molar-refractivity contribution in [1.82, 2.24) is 10.6 Å². The van der Waals surface area contributed by atoms with Gasteiger partial charge in [0.1, 0.15) is 11.6 Å². The third-order valence-corrected chi connectivity index (χ3v) is 3.45. The molecule has 2 rings (SSSR count). The summed E-state index contributed by atoms with van der Waals surface area (Å²) in [5.74, 6) is 0.374. The number of halogens is 4. The van der Waals surface area contributed by atoms with Crippen molar-refractivity contribution < 1.29 is 17.9 Å². The van der Waals surface area contributed by atoms with Gasteiger partial charge in [-0.2, -0.15) is 8.78 Å². The number of nitrogens with zero attached hydrogens (tertiary/aromatic N) is 1. The number of alkyl halides is 2. The molecule has 0 spiro atoms. The van der Waals surface area contributed by atoms with Crippen molar-refractivity contribution in [2.24, 2.45) is 4.99 Å². The van der Waals surface area contributed by atoms with Crippen molar-refractivity contribution in [3.05, 3.63) is 65.5 Å². The summed E-state index contributed by atoms with van der Waals surface area (Å²) in [5, 5.41) is 6.13. The normalized spacial score (nSPS) is 11.0. The Morgan fingerprint density at radius 2 is 1.88 bits per heavy atom. The van der Waals surface area contributed by atoms with Gasteiger partial charge >= 0.3 is 6.61 Å². The van der Waals surface area contributed by atoms with E-state index in [0.29, 0.717) is 24.5 Å². The van der Waals surface area contributed by atoms with Gasteiger partial charge in [-0.3, -0.25) is 4.99 Å². The van der Waals surface area contributed by atoms with Crippen LogP contribution in [0.5, 0.6) is 5.75 Å². The maximum atomic E-state index is 13.1. The van der Waals surface area contributed by atoms with E-state index in [1.807, 2.05) is 6.07 Å². The fraction of sp³-hybridized carbons (Fsp3) is 0.278. The quantitative estimate of drug-likeness (QED) is 0.359. The summed E-state index contributed by atoms with van der Waals surface area (Å²) in [6, 6.07) is 13.0. The molecule has 0 atom stereocenters. The third kappa shape index (κ3) is 7.51. The van der Waals surface area contributed by atoms with Crippen LogP contribution in [0.15, 0.2) is 53.5 Å². The van der Waals surface area contributed by atoms with Crippen molar-refractivity contribution in [3.63, 3.8) is 0 Å². The molecule has 0 bridgehead atoms. The highest BCUT2D eigenvalue weighted by Gasteiger charge is 2.09. The molecule has 0 radical (unpaired) electrons. The molecule has 0 saturated heterocycles. The van der Waals surface area contributed by atoms with Crippen LogP contribution in [0.1, 0.15) is 11.1 Å². The summed E-state index contributed by atoms with van der Waals surface area (Å²) in [5.41, 5.74) is 1.47. The number of hydrogen-bond donors (Lipinski definition) is 2. The van der Waals surface area contributed by atoms with Gasteiger partial charge in [0, 0.05) is 25.7 Å². The SMILES string of the molecule is CN=C(NCCc1cccc(F)c1)NCc1ccccc1OC(F)F.I. The second kappa shape index (κ2) is 11.6. The standard InChI is InChI=1S/C18H20F3N3O.HI/c1-22-18(23-10-9-13-5-4-7-15(19)11-13)24-12-14-6-2-3-8-16(14)25-17(20)21;/h2-8,11,17H,9-10,12H2,1H3,(H2,22,23,24);1H. The zero-order valence-corrected chi connectivity index (χ0v) is 16.5. The highest BCUT2D eigenvalue weighted by atomic mass is 127. The number of guanidine groups is 1. The molecule has 4 nitrogen and oxygen atoms in total. The fourth-order valence-electron chi connectivity index (χ4n) is 2.28. The van der Waals surface area contributed by atoms with Crippen LogP contribution in [0, 0.1) is 5.82 Å². The minimum Gasteiger partial charge on any atom is -0.434 e. The zero-order chi connectivity index (χ0) is 18.1. The van der Waals surface area contributed by atoms with Crippen molar-refractivity contribution >= 4 is 29.9 Å². The molecule has 2 N–H and O–H groups in total. The highest BCUT2D eigenvalue weighted by molar-refractivity contribution is 14.0. The van der Waals surface area contributed by atoms with Crippen LogP contribution in [0.2, 0.25) is 0 Å². The van der Waals surface area contributed by atoms with Gasteiger partial charge in [0.05, 0.1) is 0 Å². The fourth-order valence-corrected chi connectivity index (χ4v) is 2.28. The third-order valence-electron chi connectivity index (χ3n) is 3.45. The number of hydrogen-bond acceptors (Lipinski definition) is 2. The first-order valence-electron chi connectivity index (χ1n) is 7.80. The molecule has 0 saturated carbocycles. The van der Waals surface area contributed by atoms with Crippen LogP contribution < -0.4 is 15.4 Å². The first-order chi connectivity index (χ1) is 12.1. The van der Waals surface area contributed by atoms with Gasteiger partial charge in [-0.25, -0.2) is 4.39 Å². The molecule has 0 aliphatic carbocycles. The molecule has 8 heteroatoms. The Bertz CT molecular complexity index is 714. The molecule has 0 amide bonds. The molecule has 0 unspecified atom stereocenters. The maximum Gasteiger partial charge on any atom is 0.387 e. The first kappa shape index (κ1) is 22.1. The van der Waals surface area contributed by atoms with E-state index < -0.39 is 6.61 Å². The predicted molar refractivity (Wildman–Crippen MR) is 107 cm³/mol. The Hall–Kier alpha value is -1.97. The molecule has 0 heterocycles. The van der Waals surface area contributed by atoms with Crippen LogP contribution >= 0.6 is 24.0 Å². The van der Waals surface area contributed by atoms with Crippen LogP contribution in [0.3, 0.4) is 0 Å². The second-order valence-electron chi connectivity index (χ2n) is 5.22. The summed E-state index contributed by atoms with van der Waals surface area (Å²) < 4.78 is 42.5. The van der Waals surface area contributed by atoms with Crippen LogP contribution in [0.4, 0.5) is 13.2 Å². The first-order valence-corrected chi connectivity index (χ1v) is 7.80. The topological polar surface area (TPSA) is 45.7 Å². The number of nitrogens with one attached hydrogen (secondary N) is 2. The van der Waals surface area contributed by atoms with Gasteiger partial charge in [-0.05, 0) is 30.2 Å². The van der Waals surface area contributed by atoms with Crippen LogP contribution in [-0.4, -0.2) is 26.2 Å². The Morgan fingerprint density at radius 3 is 2.58 bits per heavy atom. The second-order valence-corrected chi connectivity index (χ2v) is 5.22. The van der Waals surface area contributed by atoms with E-state index in [1.165, 1.54) is 18.2 Å². The van der Waals surface area contributed by atoms with Crippen molar-refractivity contribution in [1.29, 1.82) is 0 Å². The lowest BCUT2D eigenvalue weighted by molar-refractivity contribution is -0.0504. The number of benzene rings is 2. The molecule has 26 heavy (non-hydrogen) atoms. The Morgan fingerprint density at radius 1 is 1.12 bits per heavy atom. The van der Waals surface area contributed by atoms with Gasteiger partial charge in [-0.1, -0.05) is 30.3 Å². The molecule has 0 aliphatic rings. The summed E-state index contributed by atoms with van der Waals surface area (Å²) in [6.45, 7) is -2.04. The molecule has 142 valence electrons. The van der Waals surface area contributed by atoms with E-state index in [0.717, 1.165) is 5.56 Å². The molecular weight excluding hydrogens is 458 g/mol. The number of para-hydroxylation sites is 1. The summed E-state index contributed by atoms with van der Waals surface area (Å²) in [6.07, 6.45) is 0.629. The molecular formula is C18H21F3IN3O. The smallest absolute Gasteiger partial charge is 0.387 e. The average molecular weight is 479 g/mol. The van der Waals surface area contributed by atoms with Gasteiger partial charge in [0.2, 0.25) is 0 Å². The lowest BCUT2D eigenvalue weighted by Crippen LogP contribution is -2.38. The van der Waals surface area contributed by atoms with Crippen molar-refractivity contribution in [2.75, 3.05) is 13.6 Å². The van der Waals surface area contributed by atoms with E-state index in [9.17, 15) is 13.2 Å². The lowest BCUT2D eigenvalue weighted by atomic mass is 10.1. The minimum absolute atomic E-state index is 0. The summed E-state index contributed by atoms with van der Waals surface area (Å²) in [7, 11) is 1.61. The number of rotatable bonds is 7. The zero-order valence-electron chi connectivity index (χ0n) is 14.2. The van der Waals surface area contributed by atoms with Gasteiger partial charge in [0.15, 0.2) is 5.96 Å². The average Bonchev–Trinajstić information content (AvgIpc) is 2.58. The van der Waals surface area contributed by atoms with Crippen molar-refractivity contribution in [3.8, 4) is 5.75 Å². The predicted octanol–water partition coefficient (Wildman–Crippen LogP) is 3.95. The molecule has 2 aromatic carbocycles. The molecule has 0 fully saturated rings. The van der Waals surface area contributed by atoms with E-state index in [-0.39, 0.29) is 42.1 Å². The Labute approximate surface area is 167 Å². The number of aliphatic imine (C=N–C) groups is 1. The van der Waals surface area contributed by atoms with Gasteiger partial charge in [0.25, 0.3) is 0 Å². The number of ether oxygens (including phenoxy) is 1. The molecule has 0 aliphatic heterocycles. The van der Waals surface area contributed by atoms with E-state index >= 15 is 0 Å². The highest BCUT2D eigenvalue weighted by Crippen LogP contribution is 2.19. The summed E-state index contributed by atoms with van der Waals surface area (Å²) >= 11 is 0. The Balaban J connectivity index is 0.00000338. The maximum absolute atomic E-state index is 13.1. The van der Waals surface area contributed by atoms with E-state index in [2.05, 4.69) is 20.4 Å². The molecule has 2 aromatic rings. The van der Waals surface area contributed by atoms with Crippen LogP contribution in [0.25, 0.3) is 0 Å². The lowest BCUT2D eigenvalue weighted by Gasteiger charge is -2.14. The molecule has 0 aromatic heterocycles. The van der Waals surface area contributed by atoms with E-state index in [4.69, 9.17) is 0 Å². The van der Waals surface area contributed by atoms with E-state index in [1.54, 1.807) is 31.3 Å². The minimum atomic E-state index is -2.87. The summed E-state index contributed by atoms with van der Waals surface area (Å²) in [4.78, 5) is 4.07.